The second-order valence-corrected chi connectivity index (χ2v) is 7.86. The van der Waals surface area contributed by atoms with E-state index >= 15 is 0 Å². The number of hydrogen-bond acceptors (Lipinski definition) is 11. The van der Waals surface area contributed by atoms with E-state index in [1.807, 2.05) is 0 Å². The van der Waals surface area contributed by atoms with Crippen LogP contribution in [-0.2, 0) is 53.3 Å². The van der Waals surface area contributed by atoms with Gasteiger partial charge < -0.3 is 18.9 Å². The Hall–Kier alpha value is -4.36. The van der Waals surface area contributed by atoms with Gasteiger partial charge in [0.1, 0.15) is 6.61 Å². The molecule has 774 valence electrons. The van der Waals surface area contributed by atoms with Crippen molar-refractivity contribution >= 4 is 0 Å². The van der Waals surface area contributed by atoms with Crippen LogP contribution in [0.1, 0.15) is 89.1 Å². The number of ether oxygens (including phenoxy) is 5. The van der Waals surface area contributed by atoms with Crippen LogP contribution in [0.3, 0.4) is 0 Å². The van der Waals surface area contributed by atoms with E-state index in [4.69, 9.17) is 0 Å². The first-order valence-electron chi connectivity index (χ1n) is 20.3. The minimum Gasteiger partial charge on any atom is -0.375 e. The van der Waals surface area contributed by atoms with Crippen molar-refractivity contribution in [3.05, 3.63) is 0 Å². The van der Waals surface area contributed by atoms with Crippen molar-refractivity contribution < 1.29 is 300 Å². The Bertz CT molecular complexity index is 773. The summed E-state index contributed by atoms with van der Waals surface area (Å²) in [5.41, 5.74) is 0. The van der Waals surface area contributed by atoms with E-state index in [0.717, 1.165) is 7.11 Å². The van der Waals surface area contributed by atoms with Crippen LogP contribution in [0.2, 0.25) is 0 Å². The maximum absolute atomic E-state index is 10.9. The van der Waals surface area contributed by atoms with E-state index in [-0.39, 0.29) is 89.1 Å². The second-order valence-electron chi connectivity index (χ2n) is 7.86. The lowest BCUT2D eigenvalue weighted by Crippen LogP contribution is -2.14. The molecule has 0 radical (unpaired) electrons. The van der Waals surface area contributed by atoms with Gasteiger partial charge in [-0.05, 0) is 27.2 Å². The molecule has 0 saturated carbocycles. The zero-order valence-corrected chi connectivity index (χ0v) is 53.5. The maximum atomic E-state index is 10.9. The fourth-order valence-electron chi connectivity index (χ4n) is 0.349. The SMILES string of the molecule is C.C.C.C.C.C.C.C.C.C.C.C.CF.CF.CF.CF.CF.CF.COCC(F)(F)F.COCF.COCF.COCF.FCC(F)(F)F.FCC(F)(F)F.FCF.FCF.FCF.FCF.FCF.FCF.FCF.FCF.FCOC(F)(F)F.FCOF.FCOF.FCOF.FCOF.FOCC(F)(F)F.FOCC(F)(F)F. The van der Waals surface area contributed by atoms with Crippen LogP contribution in [0, 0.1) is 0 Å². The van der Waals surface area contributed by atoms with Gasteiger partial charge in [-0.3, -0.25) is 31.1 Å². The van der Waals surface area contributed by atoms with Crippen LogP contribution in [-0.4, -0.2) is 252 Å². The molecule has 0 aromatic heterocycles. The number of rotatable bonds is 11. The third-order valence-electron chi connectivity index (χ3n) is 1.76. The smallest absolute Gasteiger partial charge is 0.375 e. The Balaban J connectivity index is -0.0000000144. The fourth-order valence-corrected chi connectivity index (χ4v) is 0.349. The molecule has 0 spiro atoms. The summed E-state index contributed by atoms with van der Waals surface area (Å²) in [5, 5.41) is 0. The first kappa shape index (κ1) is 259. The first-order chi connectivity index (χ1) is 48.1. The van der Waals surface area contributed by atoms with Gasteiger partial charge in [-0.2, -0.15) is 95.5 Å². The Morgan fingerprint density at radius 3 is 0.267 bits per heavy atom. The summed E-state index contributed by atoms with van der Waals surface area (Å²) >= 11 is 0. The number of methoxy groups -OCH3 is 4. The molecule has 67 heteroatoms. The summed E-state index contributed by atoms with van der Waals surface area (Å²) in [6.45, 7) is -32.5. The van der Waals surface area contributed by atoms with Crippen molar-refractivity contribution in [1.82, 2.24) is 0 Å². The molecule has 0 unspecified atom stereocenters. The summed E-state index contributed by atoms with van der Waals surface area (Å²) in [5.74, 6) is 0. The molecule has 0 amide bonds. The number of alkyl halides is 50. The number of halogens is 56. The molecule has 0 aromatic rings. The normalized spacial score (nSPS) is 7.50. The van der Waals surface area contributed by atoms with Crippen molar-refractivity contribution in [3.63, 3.8) is 0 Å². The Labute approximate surface area is 641 Å². The minimum absolute atomic E-state index is 0. The lowest BCUT2D eigenvalue weighted by molar-refractivity contribution is -0.336. The minimum atomic E-state index is -4.82. The average Bonchev–Trinajstić information content (AvgIpc) is 1.05. The van der Waals surface area contributed by atoms with Gasteiger partial charge in [0, 0.05) is 28.4 Å². The number of hydrogen-bond donors (Lipinski definition) is 0. The van der Waals surface area contributed by atoms with Gasteiger partial charge in [-0.1, -0.05) is 89.1 Å². The molecule has 116 heavy (non-hydrogen) atoms. The molecule has 0 aliphatic heterocycles. The molecule has 0 aliphatic carbocycles. The van der Waals surface area contributed by atoms with Crippen LogP contribution in [0.4, 0.5) is 247 Å². The molecule has 0 aliphatic rings. The Morgan fingerprint density at radius 1 is 0.172 bits per heavy atom. The summed E-state index contributed by atoms with van der Waals surface area (Å²) in [6.07, 6.45) is -27.3. The van der Waals surface area contributed by atoms with Gasteiger partial charge in [0.2, 0.25) is 82.9 Å². The van der Waals surface area contributed by atoms with Crippen molar-refractivity contribution in [2.45, 2.75) is 126 Å². The molecule has 0 fully saturated rings. The van der Waals surface area contributed by atoms with E-state index in [0.29, 0.717) is 43.1 Å². The van der Waals surface area contributed by atoms with E-state index in [1.54, 1.807) is 0 Å². The van der Waals surface area contributed by atoms with E-state index in [1.165, 1.54) is 21.3 Å². The maximum Gasteiger partial charge on any atom is 0.524 e. The quantitative estimate of drug-likeness (QED) is 0.185. The zero-order valence-electron chi connectivity index (χ0n) is 53.5. The van der Waals surface area contributed by atoms with Crippen molar-refractivity contribution in [3.8, 4) is 0 Å². The molecule has 0 atom stereocenters. The summed E-state index contributed by atoms with van der Waals surface area (Å²) in [6, 6.07) is 0. The highest BCUT2D eigenvalue weighted by Gasteiger charge is 2.30. The highest BCUT2D eigenvalue weighted by atomic mass is 19.4. The first-order valence-corrected chi connectivity index (χ1v) is 20.3. The fraction of sp³-hybridized carbons (Fsp3) is 1.00. The monoisotopic (exact) mass is 1950 g/mol. The zero-order chi connectivity index (χ0) is 91.6. The van der Waals surface area contributed by atoms with E-state index < -0.39 is 181 Å². The summed E-state index contributed by atoms with van der Waals surface area (Å²) in [7, 11) is 7.92. The Morgan fingerprint density at radius 2 is 0.267 bits per heavy atom. The van der Waals surface area contributed by atoms with Gasteiger partial charge >= 0.3 is 37.2 Å². The third kappa shape index (κ3) is 2130. The van der Waals surface area contributed by atoms with Gasteiger partial charge in [0.05, 0.1) is 43.1 Å². The molecule has 0 rings (SSSR count). The highest BCUT2D eigenvalue weighted by molar-refractivity contribution is 4.43. The largest absolute Gasteiger partial charge is 0.524 e. The third-order valence-corrected chi connectivity index (χ3v) is 1.76. The molecular formula is C49H120F56O11. The predicted octanol–water partition coefficient (Wildman–Crippen LogP) is 31.7. The van der Waals surface area contributed by atoms with Gasteiger partial charge in [-0.25, -0.2) is 114 Å². The van der Waals surface area contributed by atoms with Crippen LogP contribution >= 0.6 is 0 Å². The van der Waals surface area contributed by atoms with E-state index in [9.17, 15) is 247 Å². The molecule has 0 N–H and O–H groups in total. The van der Waals surface area contributed by atoms with Crippen LogP contribution in [0.25, 0.3) is 0 Å². The predicted molar refractivity (Wildman–Crippen MR) is 333 cm³/mol. The van der Waals surface area contributed by atoms with Gasteiger partial charge in [0.25, 0.3) is 0 Å². The molecular weight excluding hydrogens is 1830 g/mol. The molecule has 0 saturated heterocycles. The Kier molecular flexibility index (Phi) is 733. The van der Waals surface area contributed by atoms with Crippen molar-refractivity contribution in [2.75, 3.05) is 215 Å². The van der Waals surface area contributed by atoms with Crippen LogP contribution in [0.15, 0.2) is 0 Å². The lowest BCUT2D eigenvalue weighted by Gasteiger charge is -2.01. The van der Waals surface area contributed by atoms with Crippen molar-refractivity contribution in [2.24, 2.45) is 0 Å². The average molecular weight is 1950 g/mol. The summed E-state index contributed by atoms with van der Waals surface area (Å²) < 4.78 is 583. The molecule has 0 bridgehead atoms. The highest BCUT2D eigenvalue weighted by Crippen LogP contribution is 2.17. The van der Waals surface area contributed by atoms with Crippen molar-refractivity contribution in [1.29, 1.82) is 0 Å². The molecule has 0 heterocycles. The van der Waals surface area contributed by atoms with E-state index in [2.05, 4.69) is 53.3 Å². The lowest BCUT2D eigenvalue weighted by atomic mass is 10.7. The van der Waals surface area contributed by atoms with Gasteiger partial charge in [-0.15, -0.1) is 13.2 Å². The summed E-state index contributed by atoms with van der Waals surface area (Å²) in [4.78, 5) is 14.1. The molecule has 0 aromatic carbocycles. The van der Waals surface area contributed by atoms with Gasteiger partial charge in [0.15, 0.2) is 54.0 Å². The van der Waals surface area contributed by atoms with Crippen LogP contribution in [0.5, 0.6) is 0 Å². The second kappa shape index (κ2) is 328. The molecule has 11 nitrogen and oxygen atoms in total. The standard InChI is InChI=1S/C3H5F3O.3C2H2F4O.2C2H2F4.3C2H5FO.4CH2F2O.8CH2F2.6CH3F.12CH4/c1-7-2-3(4,5)6;3-1-7-2(4,5)6;2*3-2(4,5)1-7-6;2*3-1-2(4,5)6;3*1-4-2-3;4*2-1-4-3;8*2-1-3;6*1-2;;;;;;;;;;;;/h2H2,1H3;3*1H2;2*1H2;3*2H2,1H3;4*1H2;8*1H2;6*1H3;12*1H4. The topological polar surface area (TPSA) is 102 Å². The van der Waals surface area contributed by atoms with Crippen LogP contribution < -0.4 is 0 Å².